The smallest absolute Gasteiger partial charge is 0.310 e. The maximum atomic E-state index is 13.0. The van der Waals surface area contributed by atoms with Crippen LogP contribution in [0, 0.1) is 0 Å². The lowest BCUT2D eigenvalue weighted by molar-refractivity contribution is -1.00. The minimum absolute atomic E-state index is 0.00109. The van der Waals surface area contributed by atoms with Gasteiger partial charge in [0, 0.05) is 25.7 Å². The van der Waals surface area contributed by atoms with E-state index in [2.05, 4.69) is 58.0 Å². The Labute approximate surface area is 183 Å². The van der Waals surface area contributed by atoms with E-state index in [0.717, 1.165) is 25.7 Å². The molecular formula is C27H40NO2+. The molecule has 2 aliphatic heterocycles. The van der Waals surface area contributed by atoms with E-state index in [0.29, 0.717) is 30.6 Å². The Morgan fingerprint density at radius 1 is 0.967 bits per heavy atom. The third-order valence-electron chi connectivity index (χ3n) is 8.32. The summed E-state index contributed by atoms with van der Waals surface area (Å²) in [7, 11) is 0. The number of esters is 1. The van der Waals surface area contributed by atoms with Crippen LogP contribution in [0.2, 0.25) is 0 Å². The van der Waals surface area contributed by atoms with Crippen LogP contribution in [0.15, 0.2) is 35.9 Å². The summed E-state index contributed by atoms with van der Waals surface area (Å²) < 4.78 is 7.36. The second-order valence-corrected chi connectivity index (χ2v) is 10.4. The average Bonchev–Trinajstić information content (AvgIpc) is 2.95. The van der Waals surface area contributed by atoms with Gasteiger partial charge in [0.1, 0.15) is 6.10 Å². The van der Waals surface area contributed by atoms with E-state index >= 15 is 0 Å². The monoisotopic (exact) mass is 410 g/mol. The van der Waals surface area contributed by atoms with Crippen molar-refractivity contribution in [3.63, 3.8) is 0 Å². The van der Waals surface area contributed by atoms with E-state index in [9.17, 15) is 4.79 Å². The van der Waals surface area contributed by atoms with E-state index in [4.69, 9.17) is 4.74 Å². The highest BCUT2D eigenvalue weighted by molar-refractivity contribution is 5.79. The van der Waals surface area contributed by atoms with Crippen molar-refractivity contribution in [1.82, 2.24) is 0 Å². The molecule has 2 bridgehead atoms. The number of carbonyl (C=O) groups is 1. The van der Waals surface area contributed by atoms with Gasteiger partial charge >= 0.3 is 5.97 Å². The Kier molecular flexibility index (Phi) is 6.39. The van der Waals surface area contributed by atoms with E-state index in [1.807, 2.05) is 0 Å². The zero-order valence-electron chi connectivity index (χ0n) is 19.4. The van der Waals surface area contributed by atoms with Crippen LogP contribution in [0.1, 0.15) is 91.0 Å². The van der Waals surface area contributed by atoms with Gasteiger partial charge in [-0.25, -0.2) is 0 Å². The van der Waals surface area contributed by atoms with Crippen LogP contribution in [-0.2, 0) is 9.53 Å². The molecule has 4 rings (SSSR count). The van der Waals surface area contributed by atoms with Crippen molar-refractivity contribution in [1.29, 1.82) is 0 Å². The van der Waals surface area contributed by atoms with Gasteiger partial charge < -0.3 is 9.22 Å². The normalized spacial score (nSPS) is 28.3. The van der Waals surface area contributed by atoms with Gasteiger partial charge in [-0.3, -0.25) is 4.79 Å². The number of piperidine rings is 1. The molecule has 1 unspecified atom stereocenters. The molecule has 1 aliphatic carbocycles. The molecule has 2 fully saturated rings. The van der Waals surface area contributed by atoms with Gasteiger partial charge in [0.2, 0.25) is 0 Å². The fourth-order valence-corrected chi connectivity index (χ4v) is 7.37. The van der Waals surface area contributed by atoms with Crippen LogP contribution >= 0.6 is 0 Å². The van der Waals surface area contributed by atoms with Gasteiger partial charge in [-0.1, -0.05) is 35.9 Å². The van der Waals surface area contributed by atoms with E-state index in [1.54, 1.807) is 0 Å². The Morgan fingerprint density at radius 3 is 2.17 bits per heavy atom. The van der Waals surface area contributed by atoms with Gasteiger partial charge in [-0.05, 0) is 64.5 Å². The number of hydrogen-bond acceptors (Lipinski definition) is 2. The van der Waals surface area contributed by atoms with Crippen LogP contribution in [-0.4, -0.2) is 40.7 Å². The molecule has 1 aromatic carbocycles. The molecule has 0 spiro atoms. The zero-order chi connectivity index (χ0) is 21.3. The number of carbonyl (C=O) groups excluding carboxylic acids is 1. The summed E-state index contributed by atoms with van der Waals surface area (Å²) in [4.78, 5) is 13.0. The summed E-state index contributed by atoms with van der Waals surface area (Å²) in [5.41, 5.74) is 3.98. The minimum Gasteiger partial charge on any atom is -0.462 e. The lowest BCUT2D eigenvalue weighted by Crippen LogP contribution is -2.68. The molecule has 3 heteroatoms. The number of quaternary nitrogens is 1. The van der Waals surface area contributed by atoms with Crippen LogP contribution in [0.3, 0.4) is 0 Å². The fourth-order valence-electron chi connectivity index (χ4n) is 7.37. The van der Waals surface area contributed by atoms with Crippen molar-refractivity contribution in [3.05, 3.63) is 41.5 Å². The van der Waals surface area contributed by atoms with E-state index < -0.39 is 0 Å². The number of allylic oxidation sites excluding steroid dienone is 1. The second-order valence-electron chi connectivity index (χ2n) is 10.4. The highest BCUT2D eigenvalue weighted by Crippen LogP contribution is 2.47. The fraction of sp³-hybridized carbons (Fsp3) is 0.667. The van der Waals surface area contributed by atoms with Gasteiger partial charge in [0.05, 0.1) is 30.6 Å². The molecular weight excluding hydrogens is 370 g/mol. The topological polar surface area (TPSA) is 26.3 Å². The summed E-state index contributed by atoms with van der Waals surface area (Å²) in [6.45, 7) is 9.55. The predicted molar refractivity (Wildman–Crippen MR) is 123 cm³/mol. The lowest BCUT2D eigenvalue weighted by atomic mass is 9.86. The first kappa shape index (κ1) is 21.6. The molecule has 0 aromatic heterocycles. The minimum atomic E-state index is -0.00109. The molecule has 30 heavy (non-hydrogen) atoms. The number of hydrogen-bond donors (Lipinski definition) is 0. The van der Waals surface area contributed by atoms with Gasteiger partial charge in [0.25, 0.3) is 0 Å². The molecule has 0 radical (unpaired) electrons. The zero-order valence-corrected chi connectivity index (χ0v) is 19.4. The highest BCUT2D eigenvalue weighted by Gasteiger charge is 2.57. The molecule has 0 N–H and O–H groups in total. The summed E-state index contributed by atoms with van der Waals surface area (Å²) >= 11 is 0. The SMILES string of the molecule is CC(C)[N+]1(C(C)C)[C@@H]2CC[C@H]1CC(OC(=O)CC1=C(c3ccccc3)CCCC1)C2. The summed E-state index contributed by atoms with van der Waals surface area (Å²) in [5, 5.41) is 0. The number of nitrogens with zero attached hydrogens (tertiary/aromatic N) is 1. The first-order chi connectivity index (χ1) is 14.4. The van der Waals surface area contributed by atoms with Crippen LogP contribution < -0.4 is 0 Å². The van der Waals surface area contributed by atoms with Crippen molar-refractivity contribution < 1.29 is 14.0 Å². The molecule has 2 saturated heterocycles. The molecule has 164 valence electrons. The Hall–Kier alpha value is -1.61. The number of ether oxygens (including phenoxy) is 1. The molecule has 0 saturated carbocycles. The van der Waals surface area contributed by atoms with Crippen molar-refractivity contribution >= 4 is 11.5 Å². The summed E-state index contributed by atoms with van der Waals surface area (Å²) in [6.07, 6.45) is 9.80. The first-order valence-corrected chi connectivity index (χ1v) is 12.3. The Balaban J connectivity index is 1.44. The maximum absolute atomic E-state index is 13.0. The van der Waals surface area contributed by atoms with Gasteiger partial charge in [0.15, 0.2) is 0 Å². The van der Waals surface area contributed by atoms with E-state index in [1.165, 1.54) is 46.9 Å². The number of rotatable bonds is 6. The van der Waals surface area contributed by atoms with Crippen molar-refractivity contribution in [2.45, 2.75) is 116 Å². The average molecular weight is 411 g/mol. The maximum Gasteiger partial charge on any atom is 0.310 e. The standard InChI is InChI=1S/C27H40NO2/c1-19(2)28(20(3)4)23-14-15-24(28)18-25(17-23)30-27(29)16-22-12-8-9-13-26(22)21-10-6-5-7-11-21/h5-7,10-11,19-20,23-25H,8-9,12-18H2,1-4H3/q+1/t23-,24+,25?. The third-order valence-corrected chi connectivity index (χ3v) is 8.32. The van der Waals surface area contributed by atoms with E-state index in [-0.39, 0.29) is 12.1 Å². The Bertz CT molecular complexity index is 755. The first-order valence-electron chi connectivity index (χ1n) is 12.3. The van der Waals surface area contributed by atoms with Crippen LogP contribution in [0.25, 0.3) is 5.57 Å². The van der Waals surface area contributed by atoms with Gasteiger partial charge in [-0.15, -0.1) is 0 Å². The summed E-state index contributed by atoms with van der Waals surface area (Å²) in [5.74, 6) is -0.00109. The Morgan fingerprint density at radius 2 is 1.57 bits per heavy atom. The quantitative estimate of drug-likeness (QED) is 0.408. The molecule has 2 heterocycles. The second kappa shape index (κ2) is 8.86. The van der Waals surface area contributed by atoms with Crippen LogP contribution in [0.5, 0.6) is 0 Å². The number of fused-ring (bicyclic) bond motifs is 2. The third kappa shape index (κ3) is 3.86. The molecule has 3 atom stereocenters. The van der Waals surface area contributed by atoms with Gasteiger partial charge in [-0.2, -0.15) is 0 Å². The predicted octanol–water partition coefficient (Wildman–Crippen LogP) is 6.27. The lowest BCUT2D eigenvalue weighted by Gasteiger charge is -2.55. The van der Waals surface area contributed by atoms with Crippen LogP contribution in [0.4, 0.5) is 0 Å². The number of benzene rings is 1. The molecule has 3 nitrogen and oxygen atoms in total. The largest absolute Gasteiger partial charge is 0.462 e. The summed E-state index contributed by atoms with van der Waals surface area (Å²) in [6, 6.07) is 13.2. The molecule has 1 aromatic rings. The molecule has 3 aliphatic rings. The highest BCUT2D eigenvalue weighted by atomic mass is 16.5. The molecule has 0 amide bonds. The van der Waals surface area contributed by atoms with Crippen molar-refractivity contribution in [2.24, 2.45) is 0 Å². The van der Waals surface area contributed by atoms with Crippen molar-refractivity contribution in [2.75, 3.05) is 0 Å². The van der Waals surface area contributed by atoms with Crippen molar-refractivity contribution in [3.8, 4) is 0 Å².